The molecule has 1 fully saturated rings. The smallest absolute Gasteiger partial charge is 0.407 e. The second-order valence-electron chi connectivity index (χ2n) is 14.7. The number of carboxylic acid groups (broad SMARTS) is 1. The zero-order chi connectivity index (χ0) is 39.5. The first-order chi connectivity index (χ1) is 27.0. The van der Waals surface area contributed by atoms with Crippen LogP contribution in [0.15, 0.2) is 140 Å². The van der Waals surface area contributed by atoms with E-state index in [-0.39, 0.29) is 25.4 Å². The van der Waals surface area contributed by atoms with Gasteiger partial charge in [-0.15, -0.1) is 0 Å². The highest BCUT2D eigenvalue weighted by molar-refractivity contribution is 5.91. The predicted molar refractivity (Wildman–Crippen MR) is 211 cm³/mol. The number of fused-ring (bicyclic) bond motifs is 3. The molecule has 2 aliphatic rings. The van der Waals surface area contributed by atoms with Gasteiger partial charge in [0.2, 0.25) is 11.8 Å². The quantitative estimate of drug-likeness (QED) is 0.115. The Morgan fingerprint density at radius 3 is 1.70 bits per heavy atom. The van der Waals surface area contributed by atoms with Crippen LogP contribution in [0.25, 0.3) is 11.1 Å². The number of carbonyl (C=O) groups excluding carboxylic acids is 3. The SMILES string of the molecule is C[C@@H]1OC(C)(C)N(C(=O)[C@@H](CCC(=O)NC(c2ccccc2)(c2ccccc2)c2ccccc2)NC(=O)OCC2c3ccccc3-c3ccccc32)[C@H]1C(=O)O. The number of benzene rings is 5. The number of rotatable bonds is 12. The summed E-state index contributed by atoms with van der Waals surface area (Å²) in [6.07, 6.45) is -2.04. The first-order valence-electron chi connectivity index (χ1n) is 18.8. The average molecular weight is 752 g/mol. The van der Waals surface area contributed by atoms with Crippen molar-refractivity contribution in [3.63, 3.8) is 0 Å². The number of hydrogen-bond donors (Lipinski definition) is 3. The van der Waals surface area contributed by atoms with Crippen molar-refractivity contribution in [1.82, 2.24) is 15.5 Å². The minimum absolute atomic E-state index is 0.00209. The molecule has 0 bridgehead atoms. The summed E-state index contributed by atoms with van der Waals surface area (Å²) in [5.41, 5.74) is 4.25. The summed E-state index contributed by atoms with van der Waals surface area (Å²) in [5.74, 6) is -2.56. The molecule has 0 spiro atoms. The standard InChI is InChI=1S/C46H45N3O7/c1-30-41(43(52)53)49(45(2,3)56-30)42(51)39(47-44(54)55-29-38-36-25-15-13-23-34(36)35-24-14-16-26-37(35)38)27-28-40(50)48-46(31-17-7-4-8-18-31,32-19-9-5-10-20-32)33-21-11-6-12-22-33/h4-26,30,38-39,41H,27-29H2,1-3H3,(H,47,54)(H,48,50)(H,52,53)/t30-,39+,41+/m0/s1. The third-order valence-corrected chi connectivity index (χ3v) is 10.8. The van der Waals surface area contributed by atoms with E-state index in [1.807, 2.05) is 140 Å². The number of hydrogen-bond acceptors (Lipinski definition) is 6. The fourth-order valence-corrected chi connectivity index (χ4v) is 8.37. The number of aliphatic carboxylic acids is 1. The van der Waals surface area contributed by atoms with Crippen LogP contribution in [0.1, 0.15) is 67.3 Å². The Hall–Kier alpha value is -6.26. The van der Waals surface area contributed by atoms with Crippen molar-refractivity contribution in [3.05, 3.63) is 167 Å². The van der Waals surface area contributed by atoms with Gasteiger partial charge in [0.1, 0.15) is 23.9 Å². The number of carboxylic acids is 1. The molecule has 3 N–H and O–H groups in total. The van der Waals surface area contributed by atoms with Crippen molar-refractivity contribution in [1.29, 1.82) is 0 Å². The molecular weight excluding hydrogens is 707 g/mol. The summed E-state index contributed by atoms with van der Waals surface area (Å²) >= 11 is 0. The van der Waals surface area contributed by atoms with E-state index in [0.717, 1.165) is 43.8 Å². The fraction of sp³-hybridized carbons (Fsp3) is 0.261. The largest absolute Gasteiger partial charge is 0.480 e. The molecule has 3 atom stereocenters. The lowest BCUT2D eigenvalue weighted by Gasteiger charge is -2.37. The van der Waals surface area contributed by atoms with E-state index in [1.165, 1.54) is 0 Å². The molecule has 286 valence electrons. The Morgan fingerprint density at radius 2 is 1.21 bits per heavy atom. The zero-order valence-electron chi connectivity index (χ0n) is 31.6. The zero-order valence-corrected chi connectivity index (χ0v) is 31.6. The van der Waals surface area contributed by atoms with Gasteiger partial charge in [-0.25, -0.2) is 9.59 Å². The normalized spacial score (nSPS) is 17.7. The number of nitrogens with one attached hydrogen (secondary N) is 2. The minimum atomic E-state index is -1.33. The summed E-state index contributed by atoms with van der Waals surface area (Å²) in [7, 11) is 0. The highest BCUT2D eigenvalue weighted by Gasteiger charge is 2.53. The fourth-order valence-electron chi connectivity index (χ4n) is 8.37. The molecule has 10 nitrogen and oxygen atoms in total. The Kier molecular flexibility index (Phi) is 10.8. The first-order valence-corrected chi connectivity index (χ1v) is 18.8. The molecule has 1 aliphatic heterocycles. The Bertz CT molecular complexity index is 2070. The summed E-state index contributed by atoms with van der Waals surface area (Å²) in [5, 5.41) is 16.2. The highest BCUT2D eigenvalue weighted by Crippen LogP contribution is 2.44. The van der Waals surface area contributed by atoms with Gasteiger partial charge in [0.05, 0.1) is 6.10 Å². The summed E-state index contributed by atoms with van der Waals surface area (Å²) in [6.45, 7) is 4.80. The molecule has 1 aliphatic carbocycles. The van der Waals surface area contributed by atoms with Crippen molar-refractivity contribution in [2.24, 2.45) is 0 Å². The number of ether oxygens (including phenoxy) is 2. The van der Waals surface area contributed by atoms with Crippen LogP contribution in [0.2, 0.25) is 0 Å². The van der Waals surface area contributed by atoms with E-state index < -0.39 is 53.3 Å². The van der Waals surface area contributed by atoms with E-state index >= 15 is 0 Å². The number of carbonyl (C=O) groups is 4. The van der Waals surface area contributed by atoms with Gasteiger partial charge in [-0.1, -0.05) is 140 Å². The third kappa shape index (κ3) is 7.27. The Morgan fingerprint density at radius 1 is 0.750 bits per heavy atom. The van der Waals surface area contributed by atoms with Crippen LogP contribution in [-0.2, 0) is 29.4 Å². The van der Waals surface area contributed by atoms with Crippen LogP contribution in [0, 0.1) is 0 Å². The Labute approximate surface area is 326 Å². The lowest BCUT2D eigenvalue weighted by atomic mass is 9.77. The molecule has 0 unspecified atom stereocenters. The van der Waals surface area contributed by atoms with Crippen LogP contribution in [0.4, 0.5) is 4.79 Å². The van der Waals surface area contributed by atoms with Crippen molar-refractivity contribution in [2.45, 2.75) is 69.0 Å². The van der Waals surface area contributed by atoms with Crippen LogP contribution in [0.3, 0.4) is 0 Å². The molecule has 5 aromatic carbocycles. The first kappa shape index (κ1) is 38.0. The highest BCUT2D eigenvalue weighted by atomic mass is 16.6. The predicted octanol–water partition coefficient (Wildman–Crippen LogP) is 7.22. The number of alkyl carbamates (subject to hydrolysis) is 1. The average Bonchev–Trinajstić information content (AvgIpc) is 3.67. The molecular formula is C46H45N3O7. The maximum atomic E-state index is 14.5. The van der Waals surface area contributed by atoms with E-state index in [2.05, 4.69) is 10.6 Å². The molecule has 1 saturated heterocycles. The number of nitrogens with zero attached hydrogens (tertiary/aromatic N) is 1. The third-order valence-electron chi connectivity index (χ3n) is 10.8. The molecule has 5 aromatic rings. The Balaban J connectivity index is 1.16. The summed E-state index contributed by atoms with van der Waals surface area (Å²) < 4.78 is 11.8. The molecule has 0 radical (unpaired) electrons. The van der Waals surface area contributed by atoms with Gasteiger partial charge in [-0.05, 0) is 66.1 Å². The summed E-state index contributed by atoms with van der Waals surface area (Å²) in [4.78, 5) is 56.1. The molecule has 56 heavy (non-hydrogen) atoms. The van der Waals surface area contributed by atoms with Gasteiger partial charge in [0, 0.05) is 12.3 Å². The number of amides is 3. The van der Waals surface area contributed by atoms with Crippen molar-refractivity contribution in [2.75, 3.05) is 6.61 Å². The summed E-state index contributed by atoms with van der Waals surface area (Å²) in [6, 6.07) is 42.2. The van der Waals surface area contributed by atoms with E-state index in [0.29, 0.717) is 0 Å². The maximum absolute atomic E-state index is 14.5. The van der Waals surface area contributed by atoms with Crippen LogP contribution in [0.5, 0.6) is 0 Å². The van der Waals surface area contributed by atoms with Gasteiger partial charge in [0.15, 0.2) is 6.04 Å². The van der Waals surface area contributed by atoms with Crippen LogP contribution in [-0.4, -0.2) is 64.4 Å². The van der Waals surface area contributed by atoms with Gasteiger partial charge >= 0.3 is 12.1 Å². The topological polar surface area (TPSA) is 134 Å². The van der Waals surface area contributed by atoms with Crippen molar-refractivity contribution >= 4 is 23.9 Å². The van der Waals surface area contributed by atoms with Crippen LogP contribution >= 0.6 is 0 Å². The second kappa shape index (κ2) is 15.8. The molecule has 3 amide bonds. The van der Waals surface area contributed by atoms with Crippen LogP contribution < -0.4 is 10.6 Å². The molecule has 0 aromatic heterocycles. The lowest BCUT2D eigenvalue weighted by Crippen LogP contribution is -2.58. The van der Waals surface area contributed by atoms with Gasteiger partial charge < -0.3 is 25.2 Å². The molecule has 7 rings (SSSR count). The minimum Gasteiger partial charge on any atom is -0.480 e. The van der Waals surface area contributed by atoms with E-state index in [1.54, 1.807) is 20.8 Å². The molecule has 10 heteroatoms. The van der Waals surface area contributed by atoms with Crippen molar-refractivity contribution < 1.29 is 33.8 Å². The maximum Gasteiger partial charge on any atom is 0.407 e. The monoisotopic (exact) mass is 751 g/mol. The molecule has 1 heterocycles. The van der Waals surface area contributed by atoms with E-state index in [9.17, 15) is 24.3 Å². The van der Waals surface area contributed by atoms with Gasteiger partial charge in [0.25, 0.3) is 0 Å². The van der Waals surface area contributed by atoms with E-state index in [4.69, 9.17) is 9.47 Å². The molecule has 0 saturated carbocycles. The van der Waals surface area contributed by atoms with Gasteiger partial charge in [-0.3, -0.25) is 14.5 Å². The lowest BCUT2D eigenvalue weighted by molar-refractivity contribution is -0.157. The van der Waals surface area contributed by atoms with Gasteiger partial charge in [-0.2, -0.15) is 0 Å². The second-order valence-corrected chi connectivity index (χ2v) is 14.7. The van der Waals surface area contributed by atoms with Crippen molar-refractivity contribution in [3.8, 4) is 11.1 Å².